The summed E-state index contributed by atoms with van der Waals surface area (Å²) < 4.78 is 7.42. The quantitative estimate of drug-likeness (QED) is 0.887. The van der Waals surface area contributed by atoms with Gasteiger partial charge in [0.05, 0.1) is 24.9 Å². The standard InChI is InChI=1S/C14H24N4O/c1-17-12(4-7-16-17)13(15)14(5-2-3-6-14)18-8-10-19-11-9-18/h4,7,13H,2-3,5-6,8-11,15H2,1H3. The second-order valence-electron chi connectivity index (χ2n) is 5.77. The molecule has 19 heavy (non-hydrogen) atoms. The summed E-state index contributed by atoms with van der Waals surface area (Å²) in [6.07, 6.45) is 6.79. The lowest BCUT2D eigenvalue weighted by Crippen LogP contribution is -2.57. The predicted molar refractivity (Wildman–Crippen MR) is 73.7 cm³/mol. The second kappa shape index (κ2) is 5.23. The highest BCUT2D eigenvalue weighted by molar-refractivity contribution is 5.16. The molecule has 1 atom stereocenters. The van der Waals surface area contributed by atoms with Crippen LogP contribution < -0.4 is 5.73 Å². The Hall–Kier alpha value is -0.910. The molecule has 3 rings (SSSR count). The van der Waals surface area contributed by atoms with Crippen LogP contribution in [0, 0.1) is 0 Å². The van der Waals surface area contributed by atoms with Gasteiger partial charge in [0.1, 0.15) is 0 Å². The van der Waals surface area contributed by atoms with Crippen LogP contribution in [0.25, 0.3) is 0 Å². The number of aromatic nitrogens is 2. The van der Waals surface area contributed by atoms with Gasteiger partial charge in [-0.15, -0.1) is 0 Å². The fraction of sp³-hybridized carbons (Fsp3) is 0.786. The van der Waals surface area contributed by atoms with E-state index in [0.717, 1.165) is 32.0 Å². The van der Waals surface area contributed by atoms with Gasteiger partial charge in [0, 0.05) is 31.9 Å². The number of ether oxygens (including phenoxy) is 1. The topological polar surface area (TPSA) is 56.3 Å². The van der Waals surface area contributed by atoms with Crippen LogP contribution in [-0.4, -0.2) is 46.5 Å². The van der Waals surface area contributed by atoms with Crippen molar-refractivity contribution in [2.45, 2.75) is 37.3 Å². The maximum atomic E-state index is 6.67. The van der Waals surface area contributed by atoms with Gasteiger partial charge in [0.15, 0.2) is 0 Å². The third-order valence-electron chi connectivity index (χ3n) is 4.87. The molecule has 1 aliphatic heterocycles. The minimum atomic E-state index is 0.0422. The summed E-state index contributed by atoms with van der Waals surface area (Å²) in [4.78, 5) is 2.57. The molecule has 1 saturated heterocycles. The number of hydrogen-bond donors (Lipinski definition) is 1. The highest BCUT2D eigenvalue weighted by Gasteiger charge is 2.46. The molecule has 1 aliphatic carbocycles. The normalized spacial score (nSPS) is 25.6. The molecule has 2 fully saturated rings. The van der Waals surface area contributed by atoms with Crippen molar-refractivity contribution in [1.29, 1.82) is 0 Å². The van der Waals surface area contributed by atoms with Gasteiger partial charge in [0.2, 0.25) is 0 Å². The first-order chi connectivity index (χ1) is 9.24. The van der Waals surface area contributed by atoms with Crippen LogP contribution in [0.1, 0.15) is 37.4 Å². The Labute approximate surface area is 114 Å². The van der Waals surface area contributed by atoms with E-state index in [4.69, 9.17) is 10.5 Å². The highest BCUT2D eigenvalue weighted by Crippen LogP contribution is 2.43. The molecule has 1 saturated carbocycles. The van der Waals surface area contributed by atoms with Gasteiger partial charge >= 0.3 is 0 Å². The van der Waals surface area contributed by atoms with Crippen LogP contribution in [-0.2, 0) is 11.8 Å². The first kappa shape index (κ1) is 13.1. The number of aryl methyl sites for hydroxylation is 1. The molecule has 0 spiro atoms. The van der Waals surface area contributed by atoms with Crippen LogP contribution >= 0.6 is 0 Å². The Morgan fingerprint density at radius 3 is 2.58 bits per heavy atom. The van der Waals surface area contributed by atoms with Crippen LogP contribution in [0.15, 0.2) is 12.3 Å². The summed E-state index contributed by atoms with van der Waals surface area (Å²) in [5.74, 6) is 0. The third kappa shape index (κ3) is 2.20. The predicted octanol–water partition coefficient (Wildman–Crippen LogP) is 1.06. The molecule has 5 heteroatoms. The molecular weight excluding hydrogens is 240 g/mol. The maximum absolute atomic E-state index is 6.67. The Kier molecular flexibility index (Phi) is 3.60. The lowest BCUT2D eigenvalue weighted by atomic mass is 9.84. The number of rotatable bonds is 3. The molecule has 0 radical (unpaired) electrons. The fourth-order valence-corrected chi connectivity index (χ4v) is 3.78. The van der Waals surface area contributed by atoms with E-state index in [-0.39, 0.29) is 11.6 Å². The monoisotopic (exact) mass is 264 g/mol. The van der Waals surface area contributed by atoms with Crippen molar-refractivity contribution in [2.24, 2.45) is 12.8 Å². The van der Waals surface area contributed by atoms with Gasteiger partial charge in [-0.1, -0.05) is 12.8 Å². The summed E-state index contributed by atoms with van der Waals surface area (Å²) >= 11 is 0. The van der Waals surface area contributed by atoms with Gasteiger partial charge in [-0.25, -0.2) is 0 Å². The van der Waals surface area contributed by atoms with Crippen LogP contribution in [0.3, 0.4) is 0 Å². The average molecular weight is 264 g/mol. The van der Waals surface area contributed by atoms with Crippen LogP contribution in [0.2, 0.25) is 0 Å². The van der Waals surface area contributed by atoms with Gasteiger partial charge < -0.3 is 10.5 Å². The summed E-state index contributed by atoms with van der Waals surface area (Å²) in [5, 5.41) is 4.28. The Bertz CT molecular complexity index is 419. The zero-order valence-electron chi connectivity index (χ0n) is 11.7. The van der Waals surface area contributed by atoms with Crippen molar-refractivity contribution in [1.82, 2.24) is 14.7 Å². The number of hydrogen-bond acceptors (Lipinski definition) is 4. The summed E-state index contributed by atoms with van der Waals surface area (Å²) in [6, 6.07) is 2.10. The summed E-state index contributed by atoms with van der Waals surface area (Å²) in [6.45, 7) is 3.68. The van der Waals surface area contributed by atoms with Gasteiger partial charge in [-0.3, -0.25) is 9.58 Å². The van der Waals surface area contributed by atoms with Crippen LogP contribution in [0.5, 0.6) is 0 Å². The van der Waals surface area contributed by atoms with E-state index >= 15 is 0 Å². The highest BCUT2D eigenvalue weighted by atomic mass is 16.5. The molecule has 2 N–H and O–H groups in total. The second-order valence-corrected chi connectivity index (χ2v) is 5.77. The maximum Gasteiger partial charge on any atom is 0.0653 e. The van der Waals surface area contributed by atoms with E-state index in [1.54, 1.807) is 0 Å². The van der Waals surface area contributed by atoms with Crippen molar-refractivity contribution in [3.8, 4) is 0 Å². The Morgan fingerprint density at radius 2 is 2.00 bits per heavy atom. The van der Waals surface area contributed by atoms with Crippen molar-refractivity contribution in [2.75, 3.05) is 26.3 Å². The average Bonchev–Trinajstić information content (AvgIpc) is 3.08. The molecule has 0 bridgehead atoms. The molecule has 0 amide bonds. The Balaban J connectivity index is 1.89. The number of nitrogens with two attached hydrogens (primary N) is 1. The first-order valence-corrected chi connectivity index (χ1v) is 7.30. The van der Waals surface area contributed by atoms with E-state index in [1.165, 1.54) is 25.7 Å². The summed E-state index contributed by atoms with van der Waals surface area (Å²) in [7, 11) is 1.98. The third-order valence-corrected chi connectivity index (χ3v) is 4.87. The van der Waals surface area contributed by atoms with Gasteiger partial charge in [-0.2, -0.15) is 5.10 Å². The van der Waals surface area contributed by atoms with E-state index in [1.807, 2.05) is 17.9 Å². The van der Waals surface area contributed by atoms with Gasteiger partial charge in [0.25, 0.3) is 0 Å². The minimum Gasteiger partial charge on any atom is -0.379 e. The SMILES string of the molecule is Cn1nccc1C(N)C1(N2CCOCC2)CCCC1. The molecule has 0 aromatic carbocycles. The molecule has 1 aromatic rings. The summed E-state index contributed by atoms with van der Waals surface area (Å²) in [5.41, 5.74) is 7.92. The molecule has 1 aromatic heterocycles. The van der Waals surface area contributed by atoms with E-state index in [2.05, 4.69) is 16.1 Å². The Morgan fingerprint density at radius 1 is 1.32 bits per heavy atom. The lowest BCUT2D eigenvalue weighted by molar-refractivity contribution is -0.0320. The first-order valence-electron chi connectivity index (χ1n) is 7.30. The molecule has 5 nitrogen and oxygen atoms in total. The largest absolute Gasteiger partial charge is 0.379 e. The lowest BCUT2D eigenvalue weighted by Gasteiger charge is -2.47. The minimum absolute atomic E-state index is 0.0422. The molecule has 2 heterocycles. The van der Waals surface area contributed by atoms with Crippen LogP contribution in [0.4, 0.5) is 0 Å². The molecule has 1 unspecified atom stereocenters. The van der Waals surface area contributed by atoms with E-state index in [9.17, 15) is 0 Å². The van der Waals surface area contributed by atoms with E-state index < -0.39 is 0 Å². The molecule has 106 valence electrons. The molecule has 2 aliphatic rings. The number of morpholine rings is 1. The van der Waals surface area contributed by atoms with Crippen molar-refractivity contribution < 1.29 is 4.74 Å². The van der Waals surface area contributed by atoms with Crippen molar-refractivity contribution >= 4 is 0 Å². The van der Waals surface area contributed by atoms with Crippen molar-refractivity contribution in [3.05, 3.63) is 18.0 Å². The van der Waals surface area contributed by atoms with Crippen molar-refractivity contribution in [3.63, 3.8) is 0 Å². The fourth-order valence-electron chi connectivity index (χ4n) is 3.78. The van der Waals surface area contributed by atoms with E-state index in [0.29, 0.717) is 0 Å². The smallest absolute Gasteiger partial charge is 0.0653 e. The van der Waals surface area contributed by atoms with Gasteiger partial charge in [-0.05, 0) is 18.9 Å². The molecular formula is C14H24N4O. The zero-order valence-corrected chi connectivity index (χ0v) is 11.7. The zero-order chi connectivity index (χ0) is 13.3. The number of nitrogens with zero attached hydrogens (tertiary/aromatic N) is 3.